The predicted molar refractivity (Wildman–Crippen MR) is 221 cm³/mol. The van der Waals surface area contributed by atoms with E-state index in [2.05, 4.69) is 221 Å². The minimum absolute atomic E-state index is 0.0238. The highest BCUT2D eigenvalue weighted by atomic mass is 15.2. The number of hydrogen-bond donors (Lipinski definition) is 0. The van der Waals surface area contributed by atoms with Crippen LogP contribution >= 0.6 is 0 Å². The van der Waals surface area contributed by atoms with Gasteiger partial charge in [0.2, 0.25) is 0 Å². The van der Waals surface area contributed by atoms with Gasteiger partial charge >= 0.3 is 0 Å². The van der Waals surface area contributed by atoms with Crippen molar-refractivity contribution in [3.8, 4) is 11.1 Å². The second-order valence-corrected chi connectivity index (χ2v) is 13.4. The van der Waals surface area contributed by atoms with E-state index in [1.165, 1.54) is 50.3 Å². The molecule has 2 heterocycles. The number of fused-ring (bicyclic) bond motifs is 4. The smallest absolute Gasteiger partial charge is 0.252 e. The Hall–Kier alpha value is -6.78. The lowest BCUT2D eigenvalue weighted by molar-refractivity contribution is 1.23. The summed E-state index contributed by atoms with van der Waals surface area (Å²) in [5.41, 5.74) is 16.7. The van der Waals surface area contributed by atoms with Gasteiger partial charge in [0.05, 0.1) is 5.69 Å². The lowest BCUT2D eigenvalue weighted by atomic mass is 9.33. The molecule has 0 bridgehead atoms. The largest absolute Gasteiger partial charge is 0.311 e. The summed E-state index contributed by atoms with van der Waals surface area (Å²) >= 11 is 0. The maximum atomic E-state index is 2.48. The molecule has 0 saturated heterocycles. The van der Waals surface area contributed by atoms with E-state index >= 15 is 0 Å². The molecule has 2 aliphatic heterocycles. The van der Waals surface area contributed by atoms with Crippen molar-refractivity contribution in [1.29, 1.82) is 0 Å². The zero-order valence-corrected chi connectivity index (χ0v) is 28.5. The highest BCUT2D eigenvalue weighted by molar-refractivity contribution is 7.00. The lowest BCUT2D eigenvalue weighted by Crippen LogP contribution is -2.61. The van der Waals surface area contributed by atoms with Gasteiger partial charge in [-0.1, -0.05) is 133 Å². The summed E-state index contributed by atoms with van der Waals surface area (Å²) in [6, 6.07) is 74.7. The topological polar surface area (TPSA) is 9.72 Å². The average Bonchev–Trinajstić information content (AvgIpc) is 3.22. The quantitative estimate of drug-likeness (QED) is 0.164. The molecule has 0 aliphatic carbocycles. The molecule has 0 aromatic heterocycles. The molecule has 52 heavy (non-hydrogen) atoms. The molecule has 2 aliphatic rings. The van der Waals surface area contributed by atoms with Gasteiger partial charge in [0.15, 0.2) is 0 Å². The van der Waals surface area contributed by atoms with Crippen LogP contribution in [0.3, 0.4) is 0 Å². The Balaban J connectivity index is 1.32. The minimum atomic E-state index is 0.0238. The van der Waals surface area contributed by atoms with E-state index in [0.29, 0.717) is 0 Å². The van der Waals surface area contributed by atoms with Crippen molar-refractivity contribution < 1.29 is 0 Å². The number of nitrogens with zero attached hydrogens (tertiary/aromatic N) is 3. The monoisotopic (exact) mass is 663 g/mol. The first-order valence-corrected chi connectivity index (χ1v) is 17.9. The maximum absolute atomic E-state index is 2.48. The van der Waals surface area contributed by atoms with Crippen LogP contribution in [0.5, 0.6) is 0 Å². The molecule has 10 rings (SSSR count). The summed E-state index contributed by atoms with van der Waals surface area (Å²) in [6.45, 7) is 0.0238. The number of rotatable bonds is 6. The summed E-state index contributed by atoms with van der Waals surface area (Å²) < 4.78 is 0. The van der Waals surface area contributed by atoms with E-state index in [1.807, 2.05) is 0 Å². The van der Waals surface area contributed by atoms with Gasteiger partial charge in [-0.2, -0.15) is 0 Å². The molecule has 8 aromatic carbocycles. The minimum Gasteiger partial charge on any atom is -0.311 e. The van der Waals surface area contributed by atoms with Crippen molar-refractivity contribution >= 4 is 74.3 Å². The van der Waals surface area contributed by atoms with Crippen LogP contribution in [0.2, 0.25) is 0 Å². The van der Waals surface area contributed by atoms with Crippen molar-refractivity contribution in [2.24, 2.45) is 0 Å². The van der Waals surface area contributed by atoms with E-state index in [9.17, 15) is 0 Å². The zero-order chi connectivity index (χ0) is 34.4. The molecule has 0 spiro atoms. The van der Waals surface area contributed by atoms with Crippen LogP contribution in [0.25, 0.3) is 11.1 Å². The second-order valence-electron chi connectivity index (χ2n) is 13.4. The maximum Gasteiger partial charge on any atom is 0.252 e. The molecule has 0 saturated carbocycles. The third-order valence-corrected chi connectivity index (χ3v) is 10.4. The van der Waals surface area contributed by atoms with Crippen LogP contribution in [0.1, 0.15) is 0 Å². The Morgan fingerprint density at radius 3 is 1.35 bits per heavy atom. The van der Waals surface area contributed by atoms with Crippen molar-refractivity contribution in [1.82, 2.24) is 0 Å². The highest BCUT2D eigenvalue weighted by Crippen LogP contribution is 2.48. The summed E-state index contributed by atoms with van der Waals surface area (Å²) in [5, 5.41) is 0. The SMILES string of the molecule is c1ccc(-c2ccc3c(c2)B2c4ccccc4N(c4ccccc4)c4cc(N(c5ccccc5)c5ccccc5)cc(c42)N3c2ccccc2)cc1. The van der Waals surface area contributed by atoms with Gasteiger partial charge in [-0.15, -0.1) is 0 Å². The van der Waals surface area contributed by atoms with Crippen molar-refractivity contribution in [2.45, 2.75) is 0 Å². The summed E-state index contributed by atoms with van der Waals surface area (Å²) in [5.74, 6) is 0. The molecule has 4 heteroatoms. The fourth-order valence-electron chi connectivity index (χ4n) is 8.19. The number of benzene rings is 8. The van der Waals surface area contributed by atoms with Gasteiger partial charge in [-0.3, -0.25) is 0 Å². The van der Waals surface area contributed by atoms with E-state index < -0.39 is 0 Å². The molecular formula is C48H34BN3. The molecular weight excluding hydrogens is 629 g/mol. The van der Waals surface area contributed by atoms with Gasteiger partial charge in [-0.05, 0) is 100 Å². The first kappa shape index (κ1) is 30.1. The normalized spacial score (nSPS) is 12.5. The number of hydrogen-bond acceptors (Lipinski definition) is 3. The standard InChI is InChI=1S/C48H34BN3/c1-6-18-35(19-7-1)36-30-31-45-43(32-36)49-42-28-16-17-29-44(42)51(39-24-12-4-13-25-39)46-33-41(34-47(48(46)49)52(45)40-26-14-5-15-27-40)50(37-20-8-2-9-21-37)38-22-10-3-11-23-38/h1-34H. The zero-order valence-electron chi connectivity index (χ0n) is 28.5. The third-order valence-electron chi connectivity index (χ3n) is 10.4. The summed E-state index contributed by atoms with van der Waals surface area (Å²) in [4.78, 5) is 7.33. The predicted octanol–water partition coefficient (Wildman–Crippen LogP) is 10.9. The van der Waals surface area contributed by atoms with E-state index in [1.54, 1.807) is 0 Å². The Bertz CT molecular complexity index is 2470. The van der Waals surface area contributed by atoms with E-state index in [0.717, 1.165) is 28.4 Å². The first-order valence-electron chi connectivity index (χ1n) is 17.9. The van der Waals surface area contributed by atoms with Crippen LogP contribution in [-0.4, -0.2) is 6.71 Å². The summed E-state index contributed by atoms with van der Waals surface area (Å²) in [7, 11) is 0. The Morgan fingerprint density at radius 2 is 0.788 bits per heavy atom. The van der Waals surface area contributed by atoms with E-state index in [-0.39, 0.29) is 6.71 Å². The third kappa shape index (κ3) is 4.91. The van der Waals surface area contributed by atoms with Crippen LogP contribution < -0.4 is 31.1 Å². The van der Waals surface area contributed by atoms with Crippen LogP contribution in [0, 0.1) is 0 Å². The number of para-hydroxylation sites is 5. The van der Waals surface area contributed by atoms with Gasteiger partial charge in [-0.25, -0.2) is 0 Å². The van der Waals surface area contributed by atoms with Crippen LogP contribution in [-0.2, 0) is 0 Å². The lowest BCUT2D eigenvalue weighted by Gasteiger charge is -2.45. The van der Waals surface area contributed by atoms with Gasteiger partial charge in [0, 0.05) is 45.5 Å². The molecule has 244 valence electrons. The molecule has 8 aromatic rings. The van der Waals surface area contributed by atoms with E-state index in [4.69, 9.17) is 0 Å². The van der Waals surface area contributed by atoms with Gasteiger partial charge in [0.1, 0.15) is 0 Å². The van der Waals surface area contributed by atoms with Crippen LogP contribution in [0.15, 0.2) is 206 Å². The first-order chi connectivity index (χ1) is 25.8. The Kier molecular flexibility index (Phi) is 7.25. The van der Waals surface area contributed by atoms with Crippen molar-refractivity contribution in [3.63, 3.8) is 0 Å². The second kappa shape index (κ2) is 12.5. The molecule has 3 nitrogen and oxygen atoms in total. The van der Waals surface area contributed by atoms with Gasteiger partial charge < -0.3 is 14.7 Å². The molecule has 0 radical (unpaired) electrons. The molecule has 0 fully saturated rings. The molecule has 0 unspecified atom stereocenters. The summed E-state index contributed by atoms with van der Waals surface area (Å²) in [6.07, 6.45) is 0. The fraction of sp³-hybridized carbons (Fsp3) is 0. The molecule has 0 N–H and O–H groups in total. The fourth-order valence-corrected chi connectivity index (χ4v) is 8.19. The van der Waals surface area contributed by atoms with Crippen molar-refractivity contribution in [2.75, 3.05) is 14.7 Å². The Morgan fingerprint density at radius 1 is 0.327 bits per heavy atom. The van der Waals surface area contributed by atoms with Crippen molar-refractivity contribution in [3.05, 3.63) is 206 Å². The average molecular weight is 664 g/mol. The highest BCUT2D eigenvalue weighted by Gasteiger charge is 2.44. The number of anilines is 9. The molecule has 0 amide bonds. The van der Waals surface area contributed by atoms with Crippen LogP contribution in [0.4, 0.5) is 51.2 Å². The molecule has 0 atom stereocenters. The Labute approximate surface area is 305 Å². The van der Waals surface area contributed by atoms with Gasteiger partial charge in [0.25, 0.3) is 6.71 Å².